The van der Waals surface area contributed by atoms with E-state index in [2.05, 4.69) is 4.98 Å². The normalized spacial score (nSPS) is 10.9. The fourth-order valence-corrected chi connectivity index (χ4v) is 2.86. The van der Waals surface area contributed by atoms with E-state index >= 15 is 0 Å². The Morgan fingerprint density at radius 3 is 2.38 bits per heavy atom. The Balaban J connectivity index is 1.72. The molecule has 0 N–H and O–H groups in total. The highest BCUT2D eigenvalue weighted by Gasteiger charge is 2.23. The van der Waals surface area contributed by atoms with Crippen LogP contribution in [0, 0.1) is 6.92 Å². The van der Waals surface area contributed by atoms with E-state index in [0.717, 1.165) is 12.2 Å². The lowest BCUT2D eigenvalue weighted by molar-refractivity contribution is 0.0526. The topological polar surface area (TPSA) is 92.8 Å². The van der Waals surface area contributed by atoms with E-state index < -0.39 is 5.97 Å². The molecule has 3 rings (SSSR count). The van der Waals surface area contributed by atoms with Crippen LogP contribution >= 0.6 is 0 Å². The molecule has 2 aromatic heterocycles. The molecule has 0 aliphatic heterocycles. The van der Waals surface area contributed by atoms with Crippen LogP contribution in [0.15, 0.2) is 39.8 Å². The van der Waals surface area contributed by atoms with Crippen molar-refractivity contribution in [3.63, 3.8) is 0 Å². The summed E-state index contributed by atoms with van der Waals surface area (Å²) >= 11 is 0. The standard InChI is InChI=1S/C21H24N2O6/c1-4-11-27-15-6-8-16(9-7-15)28-12-10-23-13-22-19-18(20(23)24)17(14(3)29-19)21(25)26-5-2/h6-9,13H,4-5,10-12H2,1-3H3. The number of aryl methyl sites for hydroxylation is 1. The number of nitrogens with zero attached hydrogens (tertiary/aromatic N) is 2. The molecule has 0 spiro atoms. The van der Waals surface area contributed by atoms with E-state index in [1.54, 1.807) is 13.8 Å². The van der Waals surface area contributed by atoms with Crippen LogP contribution in [0.1, 0.15) is 36.4 Å². The van der Waals surface area contributed by atoms with E-state index in [4.69, 9.17) is 18.6 Å². The molecule has 0 aliphatic rings. The minimum absolute atomic E-state index is 0.121. The van der Waals surface area contributed by atoms with Gasteiger partial charge in [0.25, 0.3) is 5.56 Å². The third-order valence-electron chi connectivity index (χ3n) is 4.23. The third-order valence-corrected chi connectivity index (χ3v) is 4.23. The first-order valence-corrected chi connectivity index (χ1v) is 9.56. The largest absolute Gasteiger partial charge is 0.494 e. The maximum absolute atomic E-state index is 12.8. The Morgan fingerprint density at radius 1 is 1.10 bits per heavy atom. The summed E-state index contributed by atoms with van der Waals surface area (Å²) in [7, 11) is 0. The van der Waals surface area contributed by atoms with Crippen molar-refractivity contribution in [1.29, 1.82) is 0 Å². The second-order valence-corrected chi connectivity index (χ2v) is 6.35. The zero-order valence-corrected chi connectivity index (χ0v) is 16.8. The van der Waals surface area contributed by atoms with Crippen LogP contribution in [0.5, 0.6) is 11.5 Å². The Bertz CT molecular complexity index is 1040. The van der Waals surface area contributed by atoms with Gasteiger partial charge in [-0.2, -0.15) is 0 Å². The van der Waals surface area contributed by atoms with Gasteiger partial charge in [-0.1, -0.05) is 6.92 Å². The first-order valence-electron chi connectivity index (χ1n) is 9.56. The molecule has 0 amide bonds. The number of aromatic nitrogens is 2. The number of ether oxygens (including phenoxy) is 3. The van der Waals surface area contributed by atoms with E-state index in [9.17, 15) is 9.59 Å². The summed E-state index contributed by atoms with van der Waals surface area (Å²) in [6.07, 6.45) is 2.33. The fourth-order valence-electron chi connectivity index (χ4n) is 2.86. The number of esters is 1. The summed E-state index contributed by atoms with van der Waals surface area (Å²) < 4.78 is 23.1. The van der Waals surface area contributed by atoms with Crippen LogP contribution < -0.4 is 15.0 Å². The molecule has 0 aliphatic carbocycles. The Labute approximate surface area is 168 Å². The van der Waals surface area contributed by atoms with Crippen LogP contribution in [0.4, 0.5) is 0 Å². The third kappa shape index (κ3) is 4.59. The predicted octanol–water partition coefficient (Wildman–Crippen LogP) is 3.34. The number of furan rings is 1. The second-order valence-electron chi connectivity index (χ2n) is 6.35. The lowest BCUT2D eigenvalue weighted by atomic mass is 10.2. The molecule has 8 nitrogen and oxygen atoms in total. The van der Waals surface area contributed by atoms with Crippen molar-refractivity contribution in [2.24, 2.45) is 0 Å². The summed E-state index contributed by atoms with van der Waals surface area (Å²) in [5, 5.41) is 0.126. The molecule has 8 heteroatoms. The average Bonchev–Trinajstić information content (AvgIpc) is 3.06. The lowest BCUT2D eigenvalue weighted by Gasteiger charge is -2.09. The molecule has 0 saturated carbocycles. The van der Waals surface area contributed by atoms with Gasteiger partial charge < -0.3 is 18.6 Å². The molecule has 29 heavy (non-hydrogen) atoms. The van der Waals surface area contributed by atoms with Gasteiger partial charge in [0.05, 0.1) is 19.8 Å². The maximum Gasteiger partial charge on any atom is 0.342 e. The van der Waals surface area contributed by atoms with Gasteiger partial charge in [0.2, 0.25) is 5.71 Å². The zero-order valence-electron chi connectivity index (χ0n) is 16.8. The van der Waals surface area contributed by atoms with Crippen LogP contribution in [0.2, 0.25) is 0 Å². The quantitative estimate of drug-likeness (QED) is 0.509. The zero-order chi connectivity index (χ0) is 20.8. The Kier molecular flexibility index (Phi) is 6.54. The lowest BCUT2D eigenvalue weighted by Crippen LogP contribution is -2.24. The summed E-state index contributed by atoms with van der Waals surface area (Å²) in [6, 6.07) is 7.30. The van der Waals surface area contributed by atoms with Gasteiger partial charge >= 0.3 is 5.97 Å². The van der Waals surface area contributed by atoms with E-state index in [1.165, 1.54) is 10.9 Å². The number of rotatable bonds is 9. The van der Waals surface area contributed by atoms with Gasteiger partial charge in [-0.25, -0.2) is 9.78 Å². The molecule has 0 saturated heterocycles. The van der Waals surface area contributed by atoms with Crippen molar-refractivity contribution in [3.8, 4) is 11.5 Å². The first kappa shape index (κ1) is 20.4. The van der Waals surface area contributed by atoms with E-state index in [1.807, 2.05) is 31.2 Å². The minimum Gasteiger partial charge on any atom is -0.494 e. The molecule has 2 heterocycles. The number of carbonyl (C=O) groups is 1. The van der Waals surface area contributed by atoms with E-state index in [-0.39, 0.29) is 42.0 Å². The van der Waals surface area contributed by atoms with Crippen molar-refractivity contribution in [3.05, 3.63) is 52.3 Å². The van der Waals surface area contributed by atoms with Crippen LogP contribution in [-0.4, -0.2) is 35.3 Å². The van der Waals surface area contributed by atoms with Crippen molar-refractivity contribution >= 4 is 17.1 Å². The van der Waals surface area contributed by atoms with Gasteiger partial charge in [0, 0.05) is 0 Å². The van der Waals surface area contributed by atoms with E-state index in [0.29, 0.717) is 18.1 Å². The molecule has 1 aromatic carbocycles. The van der Waals surface area contributed by atoms with Crippen molar-refractivity contribution < 1.29 is 23.4 Å². The summed E-state index contributed by atoms with van der Waals surface area (Å²) in [5.41, 5.74) is -0.130. The monoisotopic (exact) mass is 400 g/mol. The molecule has 154 valence electrons. The summed E-state index contributed by atoms with van der Waals surface area (Å²) in [6.45, 7) is 6.75. The molecular formula is C21H24N2O6. The Hall–Kier alpha value is -3.29. The number of fused-ring (bicyclic) bond motifs is 1. The SMILES string of the molecule is CCCOc1ccc(OCCn2cnc3oc(C)c(C(=O)OCC)c3c2=O)cc1. The molecule has 0 unspecified atom stereocenters. The average molecular weight is 400 g/mol. The number of hydrogen-bond acceptors (Lipinski definition) is 7. The molecule has 0 radical (unpaired) electrons. The first-order chi connectivity index (χ1) is 14.0. The Morgan fingerprint density at radius 2 is 1.76 bits per heavy atom. The molecule has 3 aromatic rings. The van der Waals surface area contributed by atoms with Crippen LogP contribution in [0.25, 0.3) is 11.1 Å². The summed E-state index contributed by atoms with van der Waals surface area (Å²) in [4.78, 5) is 29.2. The highest BCUT2D eigenvalue weighted by Crippen LogP contribution is 2.22. The number of benzene rings is 1. The molecule has 0 atom stereocenters. The van der Waals surface area contributed by atoms with Crippen molar-refractivity contribution in [1.82, 2.24) is 9.55 Å². The number of carbonyl (C=O) groups excluding carboxylic acids is 1. The predicted molar refractivity (Wildman–Crippen MR) is 107 cm³/mol. The minimum atomic E-state index is -0.595. The maximum atomic E-state index is 12.8. The van der Waals surface area contributed by atoms with Crippen LogP contribution in [-0.2, 0) is 11.3 Å². The van der Waals surface area contributed by atoms with Crippen molar-refractivity contribution in [2.75, 3.05) is 19.8 Å². The highest BCUT2D eigenvalue weighted by molar-refractivity contribution is 6.03. The molecule has 0 bridgehead atoms. The van der Waals surface area contributed by atoms with Gasteiger partial charge in [-0.15, -0.1) is 0 Å². The highest BCUT2D eigenvalue weighted by atomic mass is 16.5. The van der Waals surface area contributed by atoms with Gasteiger partial charge in [-0.3, -0.25) is 9.36 Å². The molecular weight excluding hydrogens is 376 g/mol. The summed E-state index contributed by atoms with van der Waals surface area (Å²) in [5.74, 6) is 1.17. The van der Waals surface area contributed by atoms with Crippen molar-refractivity contribution in [2.45, 2.75) is 33.7 Å². The van der Waals surface area contributed by atoms with Gasteiger partial charge in [-0.05, 0) is 44.5 Å². The van der Waals surface area contributed by atoms with Crippen LogP contribution in [0.3, 0.4) is 0 Å². The second kappa shape index (κ2) is 9.27. The smallest absolute Gasteiger partial charge is 0.342 e. The molecule has 0 fully saturated rings. The van der Waals surface area contributed by atoms with Gasteiger partial charge in [0.15, 0.2) is 0 Å². The number of hydrogen-bond donors (Lipinski definition) is 0. The van der Waals surface area contributed by atoms with Gasteiger partial charge in [0.1, 0.15) is 41.1 Å². The fraction of sp³-hybridized carbons (Fsp3) is 0.381.